The third-order valence-electron chi connectivity index (χ3n) is 5.02. The Balaban J connectivity index is 1.56. The second kappa shape index (κ2) is 6.70. The summed E-state index contributed by atoms with van der Waals surface area (Å²) in [6, 6.07) is 8.73. The highest BCUT2D eigenvalue weighted by molar-refractivity contribution is 5.82. The lowest BCUT2D eigenvalue weighted by Gasteiger charge is -2.12. The number of halogens is 1. The first kappa shape index (κ1) is 17.4. The molecule has 29 heavy (non-hydrogen) atoms. The summed E-state index contributed by atoms with van der Waals surface area (Å²) in [6.45, 7) is 4.16. The largest absolute Gasteiger partial charge is 0.464 e. The quantitative estimate of drug-likeness (QED) is 0.475. The van der Waals surface area contributed by atoms with Crippen LogP contribution in [0.2, 0.25) is 0 Å². The Hall–Kier alpha value is -3.74. The normalized spacial score (nSPS) is 11.4. The molecule has 6 nitrogen and oxygen atoms in total. The van der Waals surface area contributed by atoms with Crippen LogP contribution < -0.4 is 5.32 Å². The highest BCUT2D eigenvalue weighted by Crippen LogP contribution is 2.28. The van der Waals surface area contributed by atoms with Gasteiger partial charge in [0.25, 0.3) is 0 Å². The third-order valence-corrected chi connectivity index (χ3v) is 5.02. The minimum atomic E-state index is -0.285. The Morgan fingerprint density at radius 3 is 2.86 bits per heavy atom. The van der Waals surface area contributed by atoms with Crippen LogP contribution >= 0.6 is 0 Å². The number of aromatic nitrogens is 4. The number of hydrogen-bond donors (Lipinski definition) is 1. The number of nitrogens with one attached hydrogen (secondary N) is 1. The summed E-state index contributed by atoms with van der Waals surface area (Å²) < 4.78 is 21.7. The number of benzene rings is 1. The Labute approximate surface area is 166 Å². The molecule has 1 N–H and O–H groups in total. The number of nitrogens with zero attached hydrogens (tertiary/aromatic N) is 4. The van der Waals surface area contributed by atoms with Gasteiger partial charge in [-0.3, -0.25) is 9.38 Å². The molecule has 0 fully saturated rings. The molecule has 0 aliphatic heterocycles. The lowest BCUT2D eigenvalue weighted by Crippen LogP contribution is -2.08. The number of hydrogen-bond acceptors (Lipinski definition) is 5. The molecule has 0 amide bonds. The van der Waals surface area contributed by atoms with E-state index in [9.17, 15) is 4.39 Å². The summed E-state index contributed by atoms with van der Waals surface area (Å²) in [7, 11) is 0. The van der Waals surface area contributed by atoms with Gasteiger partial charge in [-0.2, -0.15) is 0 Å². The first-order chi connectivity index (χ1) is 14.1. The molecule has 5 aromatic rings. The van der Waals surface area contributed by atoms with E-state index in [1.807, 2.05) is 36.6 Å². The predicted octanol–water partition coefficient (Wildman–Crippen LogP) is 4.91. The van der Waals surface area contributed by atoms with Gasteiger partial charge >= 0.3 is 0 Å². The number of pyridine rings is 1. The van der Waals surface area contributed by atoms with E-state index in [2.05, 4.69) is 20.3 Å². The van der Waals surface area contributed by atoms with Gasteiger partial charge in [-0.25, -0.2) is 14.4 Å². The average molecular weight is 387 g/mol. The maximum absolute atomic E-state index is 14.4. The van der Waals surface area contributed by atoms with Crippen molar-refractivity contribution in [3.8, 4) is 11.1 Å². The van der Waals surface area contributed by atoms with Crippen LogP contribution in [-0.2, 0) is 6.54 Å². The summed E-state index contributed by atoms with van der Waals surface area (Å²) in [6.07, 6.45) is 7.02. The summed E-state index contributed by atoms with van der Waals surface area (Å²) in [5.74, 6) is 0.304. The topological polar surface area (TPSA) is 68.2 Å². The van der Waals surface area contributed by atoms with Gasteiger partial charge in [0.2, 0.25) is 5.95 Å². The highest BCUT2D eigenvalue weighted by atomic mass is 19.1. The van der Waals surface area contributed by atoms with Gasteiger partial charge in [0.05, 0.1) is 12.0 Å². The van der Waals surface area contributed by atoms with Crippen molar-refractivity contribution >= 4 is 22.6 Å². The standard InChI is InChI=1S/C22H18FN5O/c1-13-12-28-21(27-13)18(15-4-3-8-24-14(15)2)11-26-22(28)25-10-17-16-7-9-29-20(16)6-5-19(17)23/h3-9,11-12H,10H2,1-2H3,(H,25,26). The molecule has 4 heterocycles. The van der Waals surface area contributed by atoms with E-state index >= 15 is 0 Å². The van der Waals surface area contributed by atoms with E-state index in [1.165, 1.54) is 6.07 Å². The molecule has 0 bridgehead atoms. The molecule has 0 spiro atoms. The van der Waals surface area contributed by atoms with Crippen molar-refractivity contribution in [2.24, 2.45) is 0 Å². The third kappa shape index (κ3) is 2.91. The van der Waals surface area contributed by atoms with E-state index in [0.717, 1.165) is 33.5 Å². The first-order valence-electron chi connectivity index (χ1n) is 9.27. The van der Waals surface area contributed by atoms with Crippen molar-refractivity contribution in [1.29, 1.82) is 0 Å². The van der Waals surface area contributed by atoms with Gasteiger partial charge in [0.1, 0.15) is 17.0 Å². The van der Waals surface area contributed by atoms with Crippen molar-refractivity contribution in [3.05, 3.63) is 78.0 Å². The van der Waals surface area contributed by atoms with Crippen molar-refractivity contribution < 1.29 is 8.81 Å². The zero-order valence-electron chi connectivity index (χ0n) is 16.0. The molecular formula is C22H18FN5O. The van der Waals surface area contributed by atoms with Gasteiger partial charge < -0.3 is 9.73 Å². The van der Waals surface area contributed by atoms with Crippen LogP contribution in [0, 0.1) is 19.7 Å². The number of aryl methyl sites for hydroxylation is 2. The highest BCUT2D eigenvalue weighted by Gasteiger charge is 2.15. The van der Waals surface area contributed by atoms with Gasteiger partial charge in [-0.15, -0.1) is 0 Å². The lowest BCUT2D eigenvalue weighted by molar-refractivity contribution is 0.603. The zero-order valence-corrected chi connectivity index (χ0v) is 16.0. The minimum Gasteiger partial charge on any atom is -0.464 e. The average Bonchev–Trinajstić information content (AvgIpc) is 3.34. The summed E-state index contributed by atoms with van der Waals surface area (Å²) in [5, 5.41) is 4.00. The molecule has 0 aliphatic carbocycles. The van der Waals surface area contributed by atoms with Crippen LogP contribution in [0.25, 0.3) is 27.7 Å². The molecule has 144 valence electrons. The zero-order chi connectivity index (χ0) is 20.0. The number of rotatable bonds is 4. The molecule has 0 atom stereocenters. The van der Waals surface area contributed by atoms with Crippen molar-refractivity contribution in [1.82, 2.24) is 19.4 Å². The van der Waals surface area contributed by atoms with Crippen molar-refractivity contribution in [2.75, 3.05) is 5.32 Å². The van der Waals surface area contributed by atoms with Crippen molar-refractivity contribution in [2.45, 2.75) is 20.4 Å². The number of furan rings is 1. The van der Waals surface area contributed by atoms with E-state index in [1.54, 1.807) is 30.8 Å². The van der Waals surface area contributed by atoms with Gasteiger partial charge in [-0.1, -0.05) is 6.07 Å². The molecule has 5 rings (SSSR count). The molecule has 7 heteroatoms. The molecule has 4 aromatic heterocycles. The Morgan fingerprint density at radius 2 is 2.00 bits per heavy atom. The molecule has 0 saturated heterocycles. The SMILES string of the molecule is Cc1cn2c(NCc3c(F)ccc4occc34)ncc(-c3cccnc3C)c2n1. The number of fused-ring (bicyclic) bond motifs is 2. The number of imidazole rings is 1. The molecule has 0 radical (unpaired) electrons. The van der Waals surface area contributed by atoms with E-state index < -0.39 is 0 Å². The van der Waals surface area contributed by atoms with E-state index in [4.69, 9.17) is 4.42 Å². The summed E-state index contributed by atoms with van der Waals surface area (Å²) >= 11 is 0. The lowest BCUT2D eigenvalue weighted by atomic mass is 10.1. The maximum Gasteiger partial charge on any atom is 0.208 e. The summed E-state index contributed by atoms with van der Waals surface area (Å²) in [5.41, 5.74) is 5.63. The van der Waals surface area contributed by atoms with Crippen LogP contribution in [0.3, 0.4) is 0 Å². The van der Waals surface area contributed by atoms with Crippen LogP contribution in [0.5, 0.6) is 0 Å². The number of anilines is 1. The van der Waals surface area contributed by atoms with Gasteiger partial charge in [-0.05, 0) is 38.1 Å². The van der Waals surface area contributed by atoms with Crippen molar-refractivity contribution in [3.63, 3.8) is 0 Å². The second-order valence-electron chi connectivity index (χ2n) is 6.92. The first-order valence-corrected chi connectivity index (χ1v) is 9.27. The van der Waals surface area contributed by atoms with Crippen LogP contribution in [0.1, 0.15) is 17.0 Å². The van der Waals surface area contributed by atoms with Crippen LogP contribution in [-0.4, -0.2) is 19.4 Å². The molecule has 1 aromatic carbocycles. The fraction of sp³-hybridized carbons (Fsp3) is 0.136. The van der Waals surface area contributed by atoms with Gasteiger partial charge in [0, 0.05) is 52.9 Å². The fourth-order valence-electron chi connectivity index (χ4n) is 3.61. The van der Waals surface area contributed by atoms with E-state index in [0.29, 0.717) is 17.1 Å². The smallest absolute Gasteiger partial charge is 0.208 e. The minimum absolute atomic E-state index is 0.271. The molecule has 0 saturated carbocycles. The fourth-order valence-corrected chi connectivity index (χ4v) is 3.61. The monoisotopic (exact) mass is 387 g/mol. The molecule has 0 aliphatic rings. The van der Waals surface area contributed by atoms with Crippen LogP contribution in [0.15, 0.2) is 59.6 Å². The second-order valence-corrected chi connectivity index (χ2v) is 6.92. The Bertz CT molecular complexity index is 1350. The van der Waals surface area contributed by atoms with Gasteiger partial charge in [0.15, 0.2) is 0 Å². The molecule has 0 unspecified atom stereocenters. The Kier molecular flexibility index (Phi) is 4.01. The maximum atomic E-state index is 14.4. The molecular weight excluding hydrogens is 369 g/mol. The Morgan fingerprint density at radius 1 is 1.10 bits per heavy atom. The summed E-state index contributed by atoms with van der Waals surface area (Å²) in [4.78, 5) is 13.6. The van der Waals surface area contributed by atoms with Crippen LogP contribution in [0.4, 0.5) is 10.3 Å². The van der Waals surface area contributed by atoms with E-state index in [-0.39, 0.29) is 12.4 Å². The predicted molar refractivity (Wildman–Crippen MR) is 109 cm³/mol.